The lowest BCUT2D eigenvalue weighted by Gasteiger charge is -2.31. The molecule has 3 nitrogen and oxygen atoms in total. The fourth-order valence-electron chi connectivity index (χ4n) is 2.15. The van der Waals surface area contributed by atoms with Gasteiger partial charge in [-0.2, -0.15) is 0 Å². The number of nitrogens with zero attached hydrogens (tertiary/aromatic N) is 2. The Bertz CT molecular complexity index is 341. The minimum absolute atomic E-state index is 0. The van der Waals surface area contributed by atoms with Gasteiger partial charge < -0.3 is 5.73 Å². The predicted molar refractivity (Wildman–Crippen MR) is 80.8 cm³/mol. The third-order valence-electron chi connectivity index (χ3n) is 3.29. The number of nitrogens with two attached hydrogens (primary N) is 1. The van der Waals surface area contributed by atoms with Crippen molar-refractivity contribution >= 4 is 36.4 Å². The van der Waals surface area contributed by atoms with E-state index >= 15 is 0 Å². The van der Waals surface area contributed by atoms with Gasteiger partial charge in [0.05, 0.1) is 5.02 Å². The first kappa shape index (κ1) is 17.9. The summed E-state index contributed by atoms with van der Waals surface area (Å²) in [4.78, 5) is 6.43. The third-order valence-corrected chi connectivity index (χ3v) is 3.63. The summed E-state index contributed by atoms with van der Waals surface area (Å²) in [7, 11) is 0. The first-order chi connectivity index (χ1) is 7.79. The van der Waals surface area contributed by atoms with Crippen LogP contribution in [0.3, 0.4) is 0 Å². The molecule has 1 fully saturated rings. The summed E-state index contributed by atoms with van der Waals surface area (Å²) in [6, 6.07) is 2.00. The van der Waals surface area contributed by atoms with Gasteiger partial charge in [0.15, 0.2) is 0 Å². The summed E-state index contributed by atoms with van der Waals surface area (Å²) in [5.74, 6) is 0.712. The van der Waals surface area contributed by atoms with Crippen LogP contribution in [0.25, 0.3) is 0 Å². The molecule has 104 valence electrons. The molecule has 0 bridgehead atoms. The highest BCUT2D eigenvalue weighted by Crippen LogP contribution is 2.20. The van der Waals surface area contributed by atoms with E-state index in [2.05, 4.69) is 9.88 Å². The zero-order chi connectivity index (χ0) is 11.4. The van der Waals surface area contributed by atoms with E-state index in [1.54, 1.807) is 12.4 Å². The number of hydrogen-bond acceptors (Lipinski definition) is 3. The smallest absolute Gasteiger partial charge is 0.0634 e. The number of aromatic nitrogens is 1. The second kappa shape index (κ2) is 8.94. The molecular formula is C12H20Cl3N3. The van der Waals surface area contributed by atoms with Crippen LogP contribution in [0.1, 0.15) is 18.4 Å². The molecule has 0 radical (unpaired) electrons. The van der Waals surface area contributed by atoms with Crippen LogP contribution in [0, 0.1) is 5.92 Å². The Balaban J connectivity index is 0.00000144. The summed E-state index contributed by atoms with van der Waals surface area (Å²) in [5.41, 5.74) is 6.85. The van der Waals surface area contributed by atoms with E-state index in [1.165, 1.54) is 18.4 Å². The lowest BCUT2D eigenvalue weighted by Crippen LogP contribution is -2.35. The number of rotatable bonds is 3. The maximum atomic E-state index is 6.09. The summed E-state index contributed by atoms with van der Waals surface area (Å²) in [6.07, 6.45) is 5.93. The Morgan fingerprint density at radius 1 is 1.33 bits per heavy atom. The number of pyridine rings is 1. The minimum atomic E-state index is 0. The van der Waals surface area contributed by atoms with Crippen molar-refractivity contribution < 1.29 is 0 Å². The molecule has 2 heterocycles. The van der Waals surface area contributed by atoms with E-state index in [0.29, 0.717) is 5.92 Å². The Morgan fingerprint density at radius 2 is 2.00 bits per heavy atom. The molecule has 0 unspecified atom stereocenters. The summed E-state index contributed by atoms with van der Waals surface area (Å²) < 4.78 is 0. The molecule has 18 heavy (non-hydrogen) atoms. The van der Waals surface area contributed by atoms with Gasteiger partial charge in [0, 0.05) is 18.9 Å². The van der Waals surface area contributed by atoms with Crippen molar-refractivity contribution in [2.45, 2.75) is 19.4 Å². The van der Waals surface area contributed by atoms with Crippen LogP contribution >= 0.6 is 36.4 Å². The molecule has 1 aromatic rings. The third kappa shape index (κ3) is 4.90. The van der Waals surface area contributed by atoms with Crippen LogP contribution in [-0.2, 0) is 6.54 Å². The first-order valence-corrected chi connectivity index (χ1v) is 6.18. The zero-order valence-corrected chi connectivity index (χ0v) is 12.6. The van der Waals surface area contributed by atoms with Gasteiger partial charge in [-0.3, -0.25) is 9.88 Å². The Morgan fingerprint density at radius 3 is 2.56 bits per heavy atom. The van der Waals surface area contributed by atoms with E-state index < -0.39 is 0 Å². The minimum Gasteiger partial charge on any atom is -0.330 e. The number of hydrogen-bond donors (Lipinski definition) is 1. The molecule has 0 aromatic carbocycles. The molecule has 0 amide bonds. The molecule has 2 N–H and O–H groups in total. The van der Waals surface area contributed by atoms with Crippen LogP contribution in [0.15, 0.2) is 18.5 Å². The van der Waals surface area contributed by atoms with Crippen molar-refractivity contribution in [1.82, 2.24) is 9.88 Å². The molecule has 0 spiro atoms. The zero-order valence-electron chi connectivity index (χ0n) is 10.2. The van der Waals surface area contributed by atoms with Gasteiger partial charge in [-0.05, 0) is 50.0 Å². The van der Waals surface area contributed by atoms with Crippen molar-refractivity contribution in [3.8, 4) is 0 Å². The molecule has 1 saturated heterocycles. The van der Waals surface area contributed by atoms with Crippen molar-refractivity contribution in [3.05, 3.63) is 29.0 Å². The van der Waals surface area contributed by atoms with Gasteiger partial charge in [0.2, 0.25) is 0 Å². The topological polar surface area (TPSA) is 42.1 Å². The molecule has 1 aliphatic rings. The van der Waals surface area contributed by atoms with Gasteiger partial charge in [-0.25, -0.2) is 0 Å². The maximum Gasteiger partial charge on any atom is 0.0634 e. The quantitative estimate of drug-likeness (QED) is 0.933. The van der Waals surface area contributed by atoms with E-state index in [1.807, 2.05) is 6.07 Å². The van der Waals surface area contributed by atoms with E-state index in [4.69, 9.17) is 17.3 Å². The first-order valence-electron chi connectivity index (χ1n) is 5.80. The van der Waals surface area contributed by atoms with Gasteiger partial charge in [-0.1, -0.05) is 11.6 Å². The number of piperidine rings is 1. The van der Waals surface area contributed by atoms with Gasteiger partial charge in [0.1, 0.15) is 0 Å². The van der Waals surface area contributed by atoms with Crippen LogP contribution in [0.4, 0.5) is 0 Å². The average molecular weight is 313 g/mol. The SMILES string of the molecule is Cl.Cl.NCC1CCN(Cc2ccncc2Cl)CC1. The van der Waals surface area contributed by atoms with Crippen molar-refractivity contribution in [3.63, 3.8) is 0 Å². The van der Waals surface area contributed by atoms with Crippen molar-refractivity contribution in [2.24, 2.45) is 11.7 Å². The van der Waals surface area contributed by atoms with Crippen LogP contribution < -0.4 is 5.73 Å². The Hall–Kier alpha value is -0.0600. The highest BCUT2D eigenvalue weighted by Gasteiger charge is 2.18. The van der Waals surface area contributed by atoms with Crippen LogP contribution in [-0.4, -0.2) is 29.5 Å². The van der Waals surface area contributed by atoms with Gasteiger partial charge in [0.25, 0.3) is 0 Å². The van der Waals surface area contributed by atoms with Gasteiger partial charge >= 0.3 is 0 Å². The molecule has 1 aliphatic heterocycles. The summed E-state index contributed by atoms with van der Waals surface area (Å²) in [5, 5.41) is 0.767. The highest BCUT2D eigenvalue weighted by atomic mass is 35.5. The summed E-state index contributed by atoms with van der Waals surface area (Å²) in [6.45, 7) is 4.00. The van der Waals surface area contributed by atoms with E-state index in [9.17, 15) is 0 Å². The van der Waals surface area contributed by atoms with E-state index in [0.717, 1.165) is 31.2 Å². The predicted octanol–water partition coefficient (Wildman–Crippen LogP) is 2.75. The molecule has 2 rings (SSSR count). The fourth-order valence-corrected chi connectivity index (χ4v) is 2.33. The lowest BCUT2D eigenvalue weighted by atomic mass is 9.97. The van der Waals surface area contributed by atoms with E-state index in [-0.39, 0.29) is 24.8 Å². The number of likely N-dealkylation sites (tertiary alicyclic amines) is 1. The molecule has 1 aromatic heterocycles. The van der Waals surface area contributed by atoms with Crippen LogP contribution in [0.2, 0.25) is 5.02 Å². The van der Waals surface area contributed by atoms with Crippen molar-refractivity contribution in [1.29, 1.82) is 0 Å². The second-order valence-corrected chi connectivity index (χ2v) is 4.83. The molecule has 6 heteroatoms. The maximum absolute atomic E-state index is 6.09. The summed E-state index contributed by atoms with van der Waals surface area (Å²) >= 11 is 6.09. The average Bonchev–Trinajstić information content (AvgIpc) is 2.33. The van der Waals surface area contributed by atoms with Crippen molar-refractivity contribution in [2.75, 3.05) is 19.6 Å². The molecular weight excluding hydrogens is 293 g/mol. The Kier molecular flexibility index (Phi) is 8.91. The fraction of sp³-hybridized carbons (Fsp3) is 0.583. The monoisotopic (exact) mass is 311 g/mol. The Labute approximate surface area is 126 Å². The molecule has 0 saturated carbocycles. The largest absolute Gasteiger partial charge is 0.330 e. The number of halogens is 3. The second-order valence-electron chi connectivity index (χ2n) is 4.42. The standard InChI is InChI=1S/C12H18ClN3.2ClH/c13-12-8-15-4-1-11(12)9-16-5-2-10(7-14)3-6-16;;/h1,4,8,10H,2-3,5-7,9,14H2;2*1H. The van der Waals surface area contributed by atoms with Gasteiger partial charge in [-0.15, -0.1) is 24.8 Å². The van der Waals surface area contributed by atoms with Crippen LogP contribution in [0.5, 0.6) is 0 Å². The highest BCUT2D eigenvalue weighted by molar-refractivity contribution is 6.31. The molecule has 0 aliphatic carbocycles. The lowest BCUT2D eigenvalue weighted by molar-refractivity contribution is 0.180. The molecule has 0 atom stereocenters. The normalized spacial score (nSPS) is 16.8.